The molecule has 244 valence electrons. The van der Waals surface area contributed by atoms with Gasteiger partial charge in [0.1, 0.15) is 30.0 Å². The van der Waals surface area contributed by atoms with E-state index >= 15 is 0 Å². The van der Waals surface area contributed by atoms with Crippen LogP contribution in [0.4, 0.5) is 0 Å². The van der Waals surface area contributed by atoms with Crippen LogP contribution < -0.4 is 0 Å². The molecule has 2 aromatic carbocycles. The van der Waals surface area contributed by atoms with Crippen LogP contribution in [-0.4, -0.2) is 80.5 Å². The van der Waals surface area contributed by atoms with E-state index in [1.807, 2.05) is 42.5 Å². The summed E-state index contributed by atoms with van der Waals surface area (Å²) in [6, 6.07) is 18.6. The quantitative estimate of drug-likeness (QED) is 0.136. The van der Waals surface area contributed by atoms with Crippen LogP contribution in [0.25, 0.3) is 6.08 Å². The molecule has 6 aliphatic rings. The highest BCUT2D eigenvalue weighted by atomic mass is 16.9. The van der Waals surface area contributed by atoms with Gasteiger partial charge in [-0.2, -0.15) is 0 Å². The number of carbonyl (C=O) groups excluding carboxylic acids is 2. The van der Waals surface area contributed by atoms with Gasteiger partial charge in [0.15, 0.2) is 17.0 Å². The second-order valence-electron chi connectivity index (χ2n) is 13.5. The Labute approximate surface area is 271 Å². The van der Waals surface area contributed by atoms with Crippen LogP contribution in [0.2, 0.25) is 0 Å². The summed E-state index contributed by atoms with van der Waals surface area (Å²) >= 11 is 0. The van der Waals surface area contributed by atoms with Gasteiger partial charge < -0.3 is 39.0 Å². The minimum absolute atomic E-state index is 0.0590. The first-order valence-electron chi connectivity index (χ1n) is 15.8. The molecule has 3 bridgehead atoms. The molecule has 47 heavy (non-hydrogen) atoms. The summed E-state index contributed by atoms with van der Waals surface area (Å²) in [5.74, 6) is -5.12. The molecule has 0 radical (unpaired) electrons. The van der Waals surface area contributed by atoms with Gasteiger partial charge in [-0.25, -0.2) is 4.79 Å². The van der Waals surface area contributed by atoms with Crippen LogP contribution >= 0.6 is 0 Å². The number of aliphatic hydroxyl groups excluding tert-OH is 2. The maximum absolute atomic E-state index is 13.8. The zero-order valence-electron chi connectivity index (χ0n) is 25.9. The number of carbonyl (C=O) groups is 2. The number of hydrogen-bond donors (Lipinski definition) is 3. The molecule has 2 saturated carbocycles. The molecule has 3 unspecified atom stereocenters. The summed E-state index contributed by atoms with van der Waals surface area (Å²) in [6.45, 7) is 6.93. The number of Topliss-reactive ketones (excluding diaryl/α,β-unsaturated/α-hetero) is 1. The number of aliphatic hydroxyl groups is 3. The maximum Gasteiger partial charge on any atom is 0.331 e. The van der Waals surface area contributed by atoms with Crippen molar-refractivity contribution in [2.24, 2.45) is 11.8 Å². The molecular weight excluding hydrogens is 604 g/mol. The summed E-state index contributed by atoms with van der Waals surface area (Å²) in [5.41, 5.74) is -4.87. The Morgan fingerprint density at radius 2 is 1.74 bits per heavy atom. The summed E-state index contributed by atoms with van der Waals surface area (Å²) in [4.78, 5) is 27.2. The Balaban J connectivity index is 1.26. The molecule has 3 saturated heterocycles. The molecule has 3 aliphatic heterocycles. The van der Waals surface area contributed by atoms with Crippen LogP contribution in [0.3, 0.4) is 0 Å². The van der Waals surface area contributed by atoms with Crippen molar-refractivity contribution in [1.29, 1.82) is 0 Å². The first-order chi connectivity index (χ1) is 22.5. The third-order valence-electron chi connectivity index (χ3n) is 11.1. The lowest BCUT2D eigenvalue weighted by molar-refractivity contribution is -0.433. The van der Waals surface area contributed by atoms with E-state index in [4.69, 9.17) is 23.7 Å². The maximum atomic E-state index is 13.8. The van der Waals surface area contributed by atoms with Gasteiger partial charge >= 0.3 is 11.9 Å². The van der Waals surface area contributed by atoms with Crippen LogP contribution in [-0.2, 0) is 39.2 Å². The van der Waals surface area contributed by atoms with E-state index in [9.17, 15) is 24.9 Å². The van der Waals surface area contributed by atoms with E-state index < -0.39 is 83.0 Å². The minimum atomic E-state index is -2.41. The number of allylic oxidation sites excluding steroid dienone is 2. The standard InChI is InChI=1S/C37H36O10/c1-21(2)36-26(43-27(39)17-11-10-14-23-12-6-4-7-13-23)19-33-25-18-22(3)29(40)35(25,42)32(41)34(20-38)30(44-34)28(33)31(36)45-37(46-33,47-36)24-15-8-5-9-16-24/h4-18,25-26,28,30-32,38,41-42H,1,19-20H2,2-3H3/b14-10+,17-11+/t25-,26+,28?,30-,31?,32+,33?,34-,35+,36+,37+/m0/s1. The molecule has 11 atom stereocenters. The van der Waals surface area contributed by atoms with Crippen molar-refractivity contribution in [2.45, 2.75) is 73.1 Å². The summed E-state index contributed by atoms with van der Waals surface area (Å²) in [5, 5.41) is 34.7. The lowest BCUT2D eigenvalue weighted by atomic mass is 9.57. The van der Waals surface area contributed by atoms with Crippen molar-refractivity contribution in [3.63, 3.8) is 0 Å². The first-order valence-corrected chi connectivity index (χ1v) is 15.8. The SMILES string of the molecule is C=C(C)[C@]12O[C@]3(c4ccccc4)OC1C1[C@@H]4O[C@]4(CO)[C@@H](O)[C@]4(O)C(=O)C(C)=C[C@H]4C1(C[C@H]2OC(=O)/C=C/C=C/c1ccccc1)O3. The summed E-state index contributed by atoms with van der Waals surface area (Å²) in [7, 11) is 0. The number of hydrogen-bond acceptors (Lipinski definition) is 10. The van der Waals surface area contributed by atoms with E-state index in [0.717, 1.165) is 5.56 Å². The highest BCUT2D eigenvalue weighted by Gasteiger charge is 2.89. The van der Waals surface area contributed by atoms with Crippen molar-refractivity contribution < 1.29 is 48.6 Å². The van der Waals surface area contributed by atoms with Crippen LogP contribution in [0, 0.1) is 11.8 Å². The topological polar surface area (TPSA) is 144 Å². The first kappa shape index (κ1) is 30.6. The van der Waals surface area contributed by atoms with E-state index in [-0.39, 0.29) is 12.0 Å². The molecule has 3 N–H and O–H groups in total. The van der Waals surface area contributed by atoms with Gasteiger partial charge in [0, 0.05) is 29.9 Å². The number of fused-ring (bicyclic) bond motifs is 3. The number of rotatable bonds is 7. The Morgan fingerprint density at radius 3 is 2.43 bits per heavy atom. The lowest BCUT2D eigenvalue weighted by Crippen LogP contribution is -2.73. The van der Waals surface area contributed by atoms with E-state index in [1.165, 1.54) is 6.08 Å². The second-order valence-corrected chi connectivity index (χ2v) is 13.5. The van der Waals surface area contributed by atoms with Crippen molar-refractivity contribution >= 4 is 17.8 Å². The Morgan fingerprint density at radius 1 is 1.04 bits per heavy atom. The summed E-state index contributed by atoms with van der Waals surface area (Å²) in [6.07, 6.45) is 3.33. The zero-order valence-corrected chi connectivity index (χ0v) is 25.9. The number of ketones is 1. The van der Waals surface area contributed by atoms with Gasteiger partial charge in [0.05, 0.1) is 12.2 Å². The normalized spacial score (nSPS) is 44.1. The molecule has 0 amide bonds. The van der Waals surface area contributed by atoms with Gasteiger partial charge in [-0.1, -0.05) is 91.5 Å². The van der Waals surface area contributed by atoms with Crippen LogP contribution in [0.15, 0.2) is 103 Å². The van der Waals surface area contributed by atoms with E-state index in [1.54, 1.807) is 56.3 Å². The largest absolute Gasteiger partial charge is 0.456 e. The predicted octanol–water partition coefficient (Wildman–Crippen LogP) is 2.88. The van der Waals surface area contributed by atoms with Crippen molar-refractivity contribution in [3.05, 3.63) is 114 Å². The van der Waals surface area contributed by atoms with Gasteiger partial charge in [-0.05, 0) is 30.6 Å². The number of ether oxygens (including phenoxy) is 5. The summed E-state index contributed by atoms with van der Waals surface area (Å²) < 4.78 is 33.0. The van der Waals surface area contributed by atoms with Gasteiger partial charge in [-0.15, -0.1) is 0 Å². The average Bonchev–Trinajstić information content (AvgIpc) is 3.69. The van der Waals surface area contributed by atoms with Crippen molar-refractivity contribution in [1.82, 2.24) is 0 Å². The molecular formula is C37H36O10. The number of esters is 1. The average molecular weight is 641 g/mol. The number of epoxide rings is 1. The minimum Gasteiger partial charge on any atom is -0.456 e. The third-order valence-corrected chi connectivity index (χ3v) is 11.1. The van der Waals surface area contributed by atoms with E-state index in [2.05, 4.69) is 6.58 Å². The molecule has 8 rings (SSSR count). The zero-order chi connectivity index (χ0) is 33.0. The highest BCUT2D eigenvalue weighted by molar-refractivity contribution is 6.05. The second kappa shape index (κ2) is 10.1. The molecule has 10 heteroatoms. The van der Waals surface area contributed by atoms with Crippen molar-refractivity contribution in [3.8, 4) is 0 Å². The fourth-order valence-electron chi connectivity index (χ4n) is 8.91. The molecule has 10 nitrogen and oxygen atoms in total. The molecule has 5 fully saturated rings. The lowest BCUT2D eigenvalue weighted by Gasteiger charge is -2.58. The molecule has 3 heterocycles. The van der Waals surface area contributed by atoms with Gasteiger partial charge in [0.25, 0.3) is 0 Å². The van der Waals surface area contributed by atoms with Crippen molar-refractivity contribution in [2.75, 3.05) is 6.61 Å². The molecule has 3 aliphatic carbocycles. The molecule has 2 aromatic rings. The highest BCUT2D eigenvalue weighted by Crippen LogP contribution is 2.73. The Kier molecular flexibility index (Phi) is 6.59. The Bertz CT molecular complexity index is 1750. The molecule has 0 aromatic heterocycles. The van der Waals surface area contributed by atoms with Crippen LogP contribution in [0.5, 0.6) is 0 Å². The van der Waals surface area contributed by atoms with Gasteiger partial charge in [-0.3, -0.25) is 4.79 Å². The van der Waals surface area contributed by atoms with Gasteiger partial charge in [0.2, 0.25) is 0 Å². The Hall–Kier alpha value is -3.74. The third kappa shape index (κ3) is 3.86. The molecule has 0 spiro atoms. The predicted molar refractivity (Wildman–Crippen MR) is 166 cm³/mol. The van der Waals surface area contributed by atoms with Crippen LogP contribution in [0.1, 0.15) is 31.4 Å². The fourth-order valence-corrected chi connectivity index (χ4v) is 8.91. The smallest absolute Gasteiger partial charge is 0.331 e. The fraction of sp³-hybridized carbons (Fsp3) is 0.405. The number of benzene rings is 2. The monoisotopic (exact) mass is 640 g/mol. The van der Waals surface area contributed by atoms with E-state index in [0.29, 0.717) is 11.1 Å².